The summed E-state index contributed by atoms with van der Waals surface area (Å²) in [5, 5.41) is 1.95. The van der Waals surface area contributed by atoms with Gasteiger partial charge in [-0.25, -0.2) is 9.97 Å². The minimum absolute atomic E-state index is 0.213. The summed E-state index contributed by atoms with van der Waals surface area (Å²) in [6.45, 7) is 6.44. The lowest BCUT2D eigenvalue weighted by molar-refractivity contribution is -0.142. The van der Waals surface area contributed by atoms with Crippen molar-refractivity contribution in [3.05, 3.63) is 33.5 Å². The van der Waals surface area contributed by atoms with Crippen LogP contribution in [0.1, 0.15) is 12.6 Å². The number of nitrogens with zero attached hydrogens (tertiary/aromatic N) is 5. The van der Waals surface area contributed by atoms with Crippen molar-refractivity contribution < 1.29 is 9.53 Å². The van der Waals surface area contributed by atoms with E-state index in [0.29, 0.717) is 13.3 Å². The average molecular weight is 380 g/mol. The fourth-order valence-electron chi connectivity index (χ4n) is 2.75. The third-order valence-electron chi connectivity index (χ3n) is 4.04. The molecule has 0 N–H and O–H groups in total. The third-order valence-corrected chi connectivity index (χ3v) is 5.36. The van der Waals surface area contributed by atoms with Gasteiger partial charge in [-0.15, -0.1) is 11.3 Å². The summed E-state index contributed by atoms with van der Waals surface area (Å²) in [5.74, 6) is 0.562. The molecule has 0 aliphatic carbocycles. The number of hydrogen-bond acceptors (Lipinski definition) is 8. The highest BCUT2D eigenvalue weighted by molar-refractivity contribution is 7.73. The lowest BCUT2D eigenvalue weighted by atomic mass is 10.3. The van der Waals surface area contributed by atoms with Gasteiger partial charge >= 0.3 is 5.97 Å². The Morgan fingerprint density at radius 1 is 1.28 bits per heavy atom. The number of anilines is 1. The van der Waals surface area contributed by atoms with Gasteiger partial charge in [0, 0.05) is 49.6 Å². The fourth-order valence-corrected chi connectivity index (χ4v) is 3.82. The molecule has 0 amide bonds. The van der Waals surface area contributed by atoms with Crippen molar-refractivity contribution in [3.8, 4) is 0 Å². The van der Waals surface area contributed by atoms with Gasteiger partial charge in [-0.2, -0.15) is 0 Å². The van der Waals surface area contributed by atoms with E-state index in [1.165, 1.54) is 11.3 Å². The van der Waals surface area contributed by atoms with Crippen LogP contribution in [0.5, 0.6) is 0 Å². The van der Waals surface area contributed by atoms with E-state index in [9.17, 15) is 4.79 Å². The van der Waals surface area contributed by atoms with Gasteiger partial charge in [0.2, 0.25) is 5.95 Å². The molecule has 1 aliphatic rings. The number of carbonyl (C=O) groups excluding carboxylic acids is 1. The summed E-state index contributed by atoms with van der Waals surface area (Å²) in [7, 11) is 0. The molecule has 0 radical (unpaired) electrons. The van der Waals surface area contributed by atoms with E-state index in [4.69, 9.17) is 17.0 Å². The monoisotopic (exact) mass is 379 g/mol. The van der Waals surface area contributed by atoms with Crippen molar-refractivity contribution in [1.29, 1.82) is 0 Å². The van der Waals surface area contributed by atoms with Gasteiger partial charge in [-0.05, 0) is 25.2 Å². The zero-order valence-electron chi connectivity index (χ0n) is 14.1. The van der Waals surface area contributed by atoms with Crippen molar-refractivity contribution in [2.45, 2.75) is 20.0 Å². The second-order valence-corrected chi connectivity index (χ2v) is 7.20. The predicted molar refractivity (Wildman–Crippen MR) is 99.3 cm³/mol. The quantitative estimate of drug-likeness (QED) is 0.561. The van der Waals surface area contributed by atoms with E-state index in [1.807, 2.05) is 22.9 Å². The van der Waals surface area contributed by atoms with E-state index in [-0.39, 0.29) is 12.4 Å². The second-order valence-electron chi connectivity index (χ2n) is 5.70. The molecule has 25 heavy (non-hydrogen) atoms. The predicted octanol–water partition coefficient (Wildman–Crippen LogP) is 1.95. The lowest BCUT2D eigenvalue weighted by Gasteiger charge is -2.34. The van der Waals surface area contributed by atoms with Gasteiger partial charge in [-0.1, -0.05) is 0 Å². The molecule has 1 saturated heterocycles. The first-order valence-corrected chi connectivity index (χ1v) is 9.53. The van der Waals surface area contributed by atoms with E-state index < -0.39 is 0 Å². The molecule has 134 valence electrons. The summed E-state index contributed by atoms with van der Waals surface area (Å²) in [6.07, 6.45) is 3.79. The van der Waals surface area contributed by atoms with Crippen LogP contribution in [0, 0.1) is 3.95 Å². The maximum absolute atomic E-state index is 11.8. The molecule has 3 rings (SSSR count). The Labute approximate surface area is 155 Å². The van der Waals surface area contributed by atoms with Crippen molar-refractivity contribution in [2.24, 2.45) is 0 Å². The summed E-state index contributed by atoms with van der Waals surface area (Å²) in [6, 6.07) is 1.82. The molecule has 2 aromatic heterocycles. The normalized spacial score (nSPS) is 15.3. The lowest BCUT2D eigenvalue weighted by Crippen LogP contribution is -2.47. The Balaban J connectivity index is 1.60. The summed E-state index contributed by atoms with van der Waals surface area (Å²) >= 11 is 6.92. The molecule has 3 heterocycles. The standard InChI is InChI=1S/C16H21N5O2S2/c1-2-23-14(22)10-13-11-25-16(24)21(13)12-19-6-8-20(9-7-19)15-17-4-3-5-18-15/h3-5,11H,2,6-10,12H2,1H3. The number of ether oxygens (including phenoxy) is 1. The highest BCUT2D eigenvalue weighted by atomic mass is 32.1. The van der Waals surface area contributed by atoms with Crippen LogP contribution in [0.2, 0.25) is 0 Å². The number of aromatic nitrogens is 3. The highest BCUT2D eigenvalue weighted by Crippen LogP contribution is 2.16. The molecule has 0 aromatic carbocycles. The van der Waals surface area contributed by atoms with Gasteiger partial charge in [0.15, 0.2) is 3.95 Å². The molecule has 1 aliphatic heterocycles. The van der Waals surface area contributed by atoms with E-state index in [1.54, 1.807) is 12.4 Å². The van der Waals surface area contributed by atoms with Gasteiger partial charge in [0.1, 0.15) is 0 Å². The molecule has 2 aromatic rings. The number of carbonyl (C=O) groups is 1. The van der Waals surface area contributed by atoms with Crippen LogP contribution in [-0.4, -0.2) is 58.2 Å². The highest BCUT2D eigenvalue weighted by Gasteiger charge is 2.20. The zero-order chi connectivity index (χ0) is 17.6. The van der Waals surface area contributed by atoms with Crippen LogP contribution in [0.3, 0.4) is 0 Å². The average Bonchev–Trinajstić information content (AvgIpc) is 2.96. The van der Waals surface area contributed by atoms with Crippen LogP contribution in [-0.2, 0) is 22.6 Å². The third kappa shape index (κ3) is 4.62. The minimum atomic E-state index is -0.213. The number of thiazole rings is 1. The molecule has 9 heteroatoms. The van der Waals surface area contributed by atoms with Crippen molar-refractivity contribution in [1.82, 2.24) is 19.4 Å². The molecular formula is C16H21N5O2S2. The molecule has 0 unspecified atom stereocenters. The van der Waals surface area contributed by atoms with Crippen LogP contribution in [0.15, 0.2) is 23.8 Å². The minimum Gasteiger partial charge on any atom is -0.466 e. The summed E-state index contributed by atoms with van der Waals surface area (Å²) < 4.78 is 7.87. The van der Waals surface area contributed by atoms with E-state index in [2.05, 4.69) is 19.8 Å². The molecular weight excluding hydrogens is 358 g/mol. The number of rotatable bonds is 6. The fraction of sp³-hybridized carbons (Fsp3) is 0.500. The van der Waals surface area contributed by atoms with Crippen molar-refractivity contribution in [2.75, 3.05) is 37.7 Å². The Morgan fingerprint density at radius 3 is 2.68 bits per heavy atom. The first-order valence-electron chi connectivity index (χ1n) is 8.24. The molecule has 0 saturated carbocycles. The molecule has 0 atom stereocenters. The molecule has 0 spiro atoms. The second kappa shape index (κ2) is 8.50. The first kappa shape index (κ1) is 18.0. The van der Waals surface area contributed by atoms with Crippen LogP contribution in [0.4, 0.5) is 5.95 Å². The zero-order valence-corrected chi connectivity index (χ0v) is 15.8. The van der Waals surface area contributed by atoms with Gasteiger partial charge in [0.05, 0.1) is 19.7 Å². The summed E-state index contributed by atoms with van der Waals surface area (Å²) in [5.41, 5.74) is 0.919. The van der Waals surface area contributed by atoms with Crippen LogP contribution in [0.25, 0.3) is 0 Å². The Morgan fingerprint density at radius 2 is 2.00 bits per heavy atom. The number of esters is 1. The topological polar surface area (TPSA) is 63.5 Å². The van der Waals surface area contributed by atoms with Gasteiger partial charge < -0.3 is 14.2 Å². The van der Waals surface area contributed by atoms with Crippen molar-refractivity contribution in [3.63, 3.8) is 0 Å². The Bertz CT molecular complexity index is 753. The number of hydrogen-bond donors (Lipinski definition) is 0. The van der Waals surface area contributed by atoms with Crippen molar-refractivity contribution >= 4 is 35.5 Å². The summed E-state index contributed by atoms with van der Waals surface area (Å²) in [4.78, 5) is 24.9. The largest absolute Gasteiger partial charge is 0.466 e. The van der Waals surface area contributed by atoms with Crippen LogP contribution >= 0.6 is 23.6 Å². The maximum Gasteiger partial charge on any atom is 0.311 e. The number of piperazine rings is 1. The Hall–Kier alpha value is -1.84. The maximum atomic E-state index is 11.8. The Kier molecular flexibility index (Phi) is 6.11. The van der Waals surface area contributed by atoms with E-state index in [0.717, 1.165) is 41.8 Å². The van der Waals surface area contributed by atoms with Crippen LogP contribution < -0.4 is 4.90 Å². The van der Waals surface area contributed by atoms with Gasteiger partial charge in [-0.3, -0.25) is 9.69 Å². The molecule has 0 bridgehead atoms. The smallest absolute Gasteiger partial charge is 0.311 e. The van der Waals surface area contributed by atoms with E-state index >= 15 is 0 Å². The molecule has 1 fully saturated rings. The van der Waals surface area contributed by atoms with Gasteiger partial charge in [0.25, 0.3) is 0 Å². The SMILES string of the molecule is CCOC(=O)Cc1csc(=S)n1CN1CCN(c2ncccn2)CC1. The molecule has 7 nitrogen and oxygen atoms in total. The first-order chi connectivity index (χ1) is 12.2.